The first kappa shape index (κ1) is 9.45. The molecule has 6 heteroatoms. The number of carbonyl (C=O) groups excluding carboxylic acids is 1. The number of esters is 1. The number of carbonyl (C=O) groups is 1. The van der Waals surface area contributed by atoms with Gasteiger partial charge < -0.3 is 14.2 Å². The first-order chi connectivity index (χ1) is 7.15. The van der Waals surface area contributed by atoms with E-state index in [0.717, 1.165) is 0 Å². The van der Waals surface area contributed by atoms with Gasteiger partial charge in [-0.3, -0.25) is 4.79 Å². The predicted octanol–water partition coefficient (Wildman–Crippen LogP) is 0.611. The van der Waals surface area contributed by atoms with Crippen LogP contribution >= 0.6 is 0 Å². The minimum absolute atomic E-state index is 0.156. The standard InChI is InChI=1S/C9H8N2O4/c1-4-6-7(15-11-4)5(9(13)14-2)3-10-8(6)12/h3H,1-2H3,(H,10,12). The van der Waals surface area contributed by atoms with Crippen molar-refractivity contribution in [2.75, 3.05) is 7.11 Å². The molecule has 0 bridgehead atoms. The van der Waals surface area contributed by atoms with Crippen LogP contribution in [0.4, 0.5) is 0 Å². The minimum atomic E-state index is -0.576. The van der Waals surface area contributed by atoms with Crippen molar-refractivity contribution < 1.29 is 14.1 Å². The van der Waals surface area contributed by atoms with Crippen LogP contribution in [-0.4, -0.2) is 23.2 Å². The molecule has 0 saturated heterocycles. The zero-order chi connectivity index (χ0) is 11.0. The van der Waals surface area contributed by atoms with Gasteiger partial charge in [-0.1, -0.05) is 5.16 Å². The molecule has 0 aromatic carbocycles. The molecule has 1 N–H and O–H groups in total. The van der Waals surface area contributed by atoms with Crippen molar-refractivity contribution in [2.45, 2.75) is 6.92 Å². The smallest absolute Gasteiger partial charge is 0.343 e. The molecule has 0 atom stereocenters. The highest BCUT2D eigenvalue weighted by molar-refractivity contribution is 6.01. The summed E-state index contributed by atoms with van der Waals surface area (Å²) in [6, 6.07) is 0. The average molecular weight is 208 g/mol. The molecule has 0 spiro atoms. The van der Waals surface area contributed by atoms with Crippen LogP contribution in [0.15, 0.2) is 15.5 Å². The van der Waals surface area contributed by atoms with Gasteiger partial charge in [0.15, 0.2) is 5.58 Å². The molecule has 2 heterocycles. The second-order valence-corrected chi connectivity index (χ2v) is 3.00. The minimum Gasteiger partial charge on any atom is -0.465 e. The number of hydrogen-bond acceptors (Lipinski definition) is 5. The number of nitrogens with zero attached hydrogens (tertiary/aromatic N) is 1. The molecule has 0 aliphatic rings. The summed E-state index contributed by atoms with van der Waals surface area (Å²) in [7, 11) is 1.25. The molecule has 6 nitrogen and oxygen atoms in total. The Kier molecular flexibility index (Phi) is 2.03. The van der Waals surface area contributed by atoms with Gasteiger partial charge >= 0.3 is 5.97 Å². The Morgan fingerprint density at radius 3 is 3.00 bits per heavy atom. The molecule has 0 fully saturated rings. The third-order valence-electron chi connectivity index (χ3n) is 2.09. The Morgan fingerprint density at radius 2 is 2.33 bits per heavy atom. The topological polar surface area (TPSA) is 85.2 Å². The van der Waals surface area contributed by atoms with E-state index in [-0.39, 0.29) is 22.1 Å². The average Bonchev–Trinajstić information content (AvgIpc) is 2.61. The molecular formula is C9H8N2O4. The first-order valence-corrected chi connectivity index (χ1v) is 4.21. The molecule has 0 aliphatic heterocycles. The number of methoxy groups -OCH3 is 1. The van der Waals surface area contributed by atoms with Crippen LogP contribution in [0.25, 0.3) is 11.0 Å². The van der Waals surface area contributed by atoms with Gasteiger partial charge in [0, 0.05) is 6.20 Å². The van der Waals surface area contributed by atoms with Crippen molar-refractivity contribution in [3.63, 3.8) is 0 Å². The number of aromatic amines is 1. The second-order valence-electron chi connectivity index (χ2n) is 3.00. The molecule has 0 unspecified atom stereocenters. The van der Waals surface area contributed by atoms with Gasteiger partial charge in [0.05, 0.1) is 12.8 Å². The van der Waals surface area contributed by atoms with Gasteiger partial charge in [-0.15, -0.1) is 0 Å². The van der Waals surface area contributed by atoms with Crippen molar-refractivity contribution in [3.8, 4) is 0 Å². The highest BCUT2D eigenvalue weighted by Crippen LogP contribution is 2.17. The summed E-state index contributed by atoms with van der Waals surface area (Å²) in [6.07, 6.45) is 1.25. The SMILES string of the molecule is COC(=O)c1c[nH]c(=O)c2c(C)noc12. The summed E-state index contributed by atoms with van der Waals surface area (Å²) in [5.74, 6) is -0.576. The number of fused-ring (bicyclic) bond motifs is 1. The van der Waals surface area contributed by atoms with E-state index < -0.39 is 5.97 Å². The normalized spacial score (nSPS) is 10.5. The predicted molar refractivity (Wildman–Crippen MR) is 50.7 cm³/mol. The number of nitrogens with one attached hydrogen (secondary N) is 1. The van der Waals surface area contributed by atoms with Gasteiger partial charge in [0.25, 0.3) is 5.56 Å². The lowest BCUT2D eigenvalue weighted by molar-refractivity contribution is 0.0601. The third kappa shape index (κ3) is 1.30. The van der Waals surface area contributed by atoms with Gasteiger partial charge in [0.2, 0.25) is 0 Å². The summed E-state index contributed by atoms with van der Waals surface area (Å²) in [5.41, 5.74) is 0.421. The Morgan fingerprint density at radius 1 is 1.60 bits per heavy atom. The maximum absolute atomic E-state index is 11.4. The lowest BCUT2D eigenvalue weighted by atomic mass is 10.2. The van der Waals surface area contributed by atoms with Gasteiger partial charge in [-0.25, -0.2) is 4.79 Å². The molecule has 2 aromatic rings. The molecule has 2 rings (SSSR count). The number of ether oxygens (including phenoxy) is 1. The van der Waals surface area contributed by atoms with Crippen molar-refractivity contribution in [3.05, 3.63) is 27.8 Å². The van der Waals surface area contributed by atoms with E-state index in [0.29, 0.717) is 5.69 Å². The molecule has 2 aromatic heterocycles. The summed E-state index contributed by atoms with van der Waals surface area (Å²) < 4.78 is 9.46. The summed E-state index contributed by atoms with van der Waals surface area (Å²) in [4.78, 5) is 25.2. The third-order valence-corrected chi connectivity index (χ3v) is 2.09. The second kappa shape index (κ2) is 3.23. The van der Waals surface area contributed by atoms with Crippen LogP contribution in [-0.2, 0) is 4.74 Å². The van der Waals surface area contributed by atoms with E-state index >= 15 is 0 Å². The number of rotatable bonds is 1. The van der Waals surface area contributed by atoms with Gasteiger partial charge in [0.1, 0.15) is 10.9 Å². The fourth-order valence-corrected chi connectivity index (χ4v) is 1.36. The Hall–Kier alpha value is -2.11. The number of H-pyrrole nitrogens is 1. The largest absolute Gasteiger partial charge is 0.465 e. The zero-order valence-electron chi connectivity index (χ0n) is 8.16. The molecule has 0 saturated carbocycles. The maximum Gasteiger partial charge on any atom is 0.343 e. The Balaban J connectivity index is 2.84. The lowest BCUT2D eigenvalue weighted by Crippen LogP contribution is -2.10. The number of hydrogen-bond donors (Lipinski definition) is 1. The fourth-order valence-electron chi connectivity index (χ4n) is 1.36. The van der Waals surface area contributed by atoms with E-state index in [4.69, 9.17) is 4.52 Å². The maximum atomic E-state index is 11.4. The summed E-state index contributed by atoms with van der Waals surface area (Å²) in [6.45, 7) is 1.63. The van der Waals surface area contributed by atoms with Crippen LogP contribution in [0.2, 0.25) is 0 Å². The highest BCUT2D eigenvalue weighted by Gasteiger charge is 2.18. The van der Waals surface area contributed by atoms with Gasteiger partial charge in [-0.2, -0.15) is 0 Å². The number of pyridine rings is 1. The van der Waals surface area contributed by atoms with Crippen molar-refractivity contribution in [1.82, 2.24) is 10.1 Å². The molecule has 0 radical (unpaired) electrons. The van der Waals surface area contributed by atoms with Crippen molar-refractivity contribution >= 4 is 16.9 Å². The van der Waals surface area contributed by atoms with Crippen molar-refractivity contribution in [1.29, 1.82) is 0 Å². The van der Waals surface area contributed by atoms with Gasteiger partial charge in [-0.05, 0) is 6.92 Å². The Bertz CT molecular complexity index is 581. The summed E-state index contributed by atoms with van der Waals surface area (Å²) in [5, 5.41) is 3.91. The van der Waals surface area contributed by atoms with E-state index in [1.165, 1.54) is 13.3 Å². The Labute approximate surface area is 83.8 Å². The number of aryl methyl sites for hydroxylation is 1. The number of aromatic nitrogens is 2. The fraction of sp³-hybridized carbons (Fsp3) is 0.222. The lowest BCUT2D eigenvalue weighted by Gasteiger charge is -1.97. The van der Waals surface area contributed by atoms with E-state index in [1.807, 2.05) is 0 Å². The van der Waals surface area contributed by atoms with Crippen LogP contribution in [0.5, 0.6) is 0 Å². The van der Waals surface area contributed by atoms with E-state index in [2.05, 4.69) is 14.9 Å². The first-order valence-electron chi connectivity index (χ1n) is 4.21. The van der Waals surface area contributed by atoms with Crippen LogP contribution in [0.3, 0.4) is 0 Å². The molecular weight excluding hydrogens is 200 g/mol. The van der Waals surface area contributed by atoms with Crippen LogP contribution in [0, 0.1) is 6.92 Å². The molecule has 78 valence electrons. The molecule has 0 amide bonds. The van der Waals surface area contributed by atoms with E-state index in [9.17, 15) is 9.59 Å². The van der Waals surface area contributed by atoms with Crippen LogP contribution < -0.4 is 5.56 Å². The van der Waals surface area contributed by atoms with Crippen molar-refractivity contribution in [2.24, 2.45) is 0 Å². The van der Waals surface area contributed by atoms with Crippen LogP contribution in [0.1, 0.15) is 16.1 Å². The molecule has 0 aliphatic carbocycles. The monoisotopic (exact) mass is 208 g/mol. The quantitative estimate of drug-likeness (QED) is 0.694. The highest BCUT2D eigenvalue weighted by atomic mass is 16.5. The zero-order valence-corrected chi connectivity index (χ0v) is 8.16. The van der Waals surface area contributed by atoms with E-state index in [1.54, 1.807) is 6.92 Å². The summed E-state index contributed by atoms with van der Waals surface area (Å²) >= 11 is 0. The molecule has 15 heavy (non-hydrogen) atoms.